The third-order valence-corrected chi connectivity index (χ3v) is 3.66. The van der Waals surface area contributed by atoms with Crippen LogP contribution in [0.1, 0.15) is 12.8 Å². The Labute approximate surface area is 126 Å². The third kappa shape index (κ3) is 4.15. The predicted octanol–water partition coefficient (Wildman–Crippen LogP) is 0.00120. The molecular weight excluding hydrogens is 268 g/mol. The molecule has 1 aliphatic heterocycles. The normalized spacial score (nSPS) is 16.4. The van der Waals surface area contributed by atoms with E-state index in [1.165, 1.54) is 0 Å². The van der Waals surface area contributed by atoms with Gasteiger partial charge in [0.25, 0.3) is 0 Å². The average molecular weight is 294 g/mol. The van der Waals surface area contributed by atoms with Gasteiger partial charge < -0.3 is 14.7 Å². The van der Waals surface area contributed by atoms with Gasteiger partial charge in [-0.15, -0.1) is 0 Å². The van der Waals surface area contributed by atoms with Crippen LogP contribution in [0.25, 0.3) is 0 Å². The Balaban J connectivity index is 2.07. The summed E-state index contributed by atoms with van der Waals surface area (Å²) >= 11 is 0. The topological polar surface area (TPSA) is 86.4 Å². The Morgan fingerprint density at radius 1 is 1.14 bits per heavy atom. The van der Waals surface area contributed by atoms with Crippen LogP contribution >= 0.6 is 0 Å². The minimum atomic E-state index is 0.402. The zero-order chi connectivity index (χ0) is 15.4. The van der Waals surface area contributed by atoms with E-state index in [2.05, 4.69) is 44.3 Å². The molecule has 118 valence electrons. The predicted molar refractivity (Wildman–Crippen MR) is 85.5 cm³/mol. The molecule has 21 heavy (non-hydrogen) atoms. The molecule has 1 saturated heterocycles. The summed E-state index contributed by atoms with van der Waals surface area (Å²) in [5.74, 6) is 7.91. The maximum Gasteiger partial charge on any atom is 0.243 e. The second-order valence-electron chi connectivity index (χ2n) is 5.99. The molecule has 8 heteroatoms. The number of anilines is 3. The van der Waals surface area contributed by atoms with Gasteiger partial charge in [-0.25, -0.2) is 5.84 Å². The smallest absolute Gasteiger partial charge is 0.243 e. The summed E-state index contributed by atoms with van der Waals surface area (Å²) < 4.78 is 0. The first kappa shape index (κ1) is 15.7. The Morgan fingerprint density at radius 2 is 1.81 bits per heavy atom. The molecule has 2 rings (SSSR count). The molecule has 0 radical (unpaired) electrons. The number of hydrogen-bond donors (Lipinski definition) is 2. The Hall–Kier alpha value is -1.67. The van der Waals surface area contributed by atoms with Gasteiger partial charge in [0.2, 0.25) is 17.8 Å². The van der Waals surface area contributed by atoms with E-state index in [4.69, 9.17) is 5.84 Å². The zero-order valence-corrected chi connectivity index (χ0v) is 13.4. The van der Waals surface area contributed by atoms with Crippen LogP contribution in [-0.2, 0) is 0 Å². The molecule has 0 amide bonds. The number of rotatable bonds is 5. The molecule has 1 aromatic heterocycles. The average Bonchev–Trinajstić information content (AvgIpc) is 2.46. The van der Waals surface area contributed by atoms with Gasteiger partial charge >= 0.3 is 0 Å². The molecule has 0 aliphatic carbocycles. The Kier molecular flexibility index (Phi) is 5.13. The van der Waals surface area contributed by atoms with E-state index < -0.39 is 0 Å². The number of nitrogens with one attached hydrogen (secondary N) is 1. The molecule has 3 N–H and O–H groups in total. The first-order valence-electron chi connectivity index (χ1n) is 7.29. The molecule has 0 unspecified atom stereocenters. The van der Waals surface area contributed by atoms with Crippen LogP contribution in [0.2, 0.25) is 0 Å². The SMILES string of the molecule is CN(C)CC1CCN(c2nc(NN)nc(N(C)C)n2)CC1. The summed E-state index contributed by atoms with van der Waals surface area (Å²) in [6.45, 7) is 3.09. The van der Waals surface area contributed by atoms with E-state index in [9.17, 15) is 0 Å². The fraction of sp³-hybridized carbons (Fsp3) is 0.769. The molecule has 2 heterocycles. The number of nitrogens with two attached hydrogens (primary N) is 1. The standard InChI is InChI=1S/C13H26N8/c1-19(2)9-10-5-7-21(8-6-10)13-16-11(18-14)15-12(17-13)20(3)4/h10H,5-9,14H2,1-4H3,(H,15,16,17,18). The van der Waals surface area contributed by atoms with Crippen molar-refractivity contribution in [2.24, 2.45) is 11.8 Å². The second kappa shape index (κ2) is 6.86. The van der Waals surface area contributed by atoms with Gasteiger partial charge in [-0.2, -0.15) is 15.0 Å². The summed E-state index contributed by atoms with van der Waals surface area (Å²) in [4.78, 5) is 19.4. The van der Waals surface area contributed by atoms with Crippen molar-refractivity contribution in [2.45, 2.75) is 12.8 Å². The van der Waals surface area contributed by atoms with Gasteiger partial charge in [0.15, 0.2) is 0 Å². The van der Waals surface area contributed by atoms with Crippen molar-refractivity contribution in [3.8, 4) is 0 Å². The number of nitrogen functional groups attached to an aromatic ring is 1. The van der Waals surface area contributed by atoms with E-state index in [0.29, 0.717) is 17.8 Å². The van der Waals surface area contributed by atoms with Crippen molar-refractivity contribution in [2.75, 3.05) is 63.1 Å². The molecule has 1 aromatic rings. The molecule has 0 saturated carbocycles. The van der Waals surface area contributed by atoms with E-state index >= 15 is 0 Å². The van der Waals surface area contributed by atoms with Crippen LogP contribution in [-0.4, -0.2) is 67.7 Å². The fourth-order valence-electron chi connectivity index (χ4n) is 2.59. The van der Waals surface area contributed by atoms with Crippen molar-refractivity contribution in [3.05, 3.63) is 0 Å². The zero-order valence-electron chi connectivity index (χ0n) is 13.4. The number of hydrazine groups is 1. The van der Waals surface area contributed by atoms with Crippen molar-refractivity contribution in [1.82, 2.24) is 19.9 Å². The van der Waals surface area contributed by atoms with Crippen LogP contribution in [0.4, 0.5) is 17.8 Å². The molecule has 0 spiro atoms. The monoisotopic (exact) mass is 294 g/mol. The first-order chi connectivity index (χ1) is 9.99. The highest BCUT2D eigenvalue weighted by atomic mass is 15.4. The van der Waals surface area contributed by atoms with Crippen molar-refractivity contribution in [1.29, 1.82) is 0 Å². The number of aromatic nitrogens is 3. The van der Waals surface area contributed by atoms with Crippen molar-refractivity contribution < 1.29 is 0 Å². The Bertz CT molecular complexity index is 453. The fourth-order valence-corrected chi connectivity index (χ4v) is 2.59. The lowest BCUT2D eigenvalue weighted by Crippen LogP contribution is -2.38. The van der Waals surface area contributed by atoms with E-state index in [1.807, 2.05) is 19.0 Å². The van der Waals surface area contributed by atoms with Crippen LogP contribution in [0.5, 0.6) is 0 Å². The van der Waals surface area contributed by atoms with E-state index in [-0.39, 0.29) is 0 Å². The Morgan fingerprint density at radius 3 is 2.33 bits per heavy atom. The second-order valence-corrected chi connectivity index (χ2v) is 5.99. The summed E-state index contributed by atoms with van der Waals surface area (Å²) in [5.41, 5.74) is 2.51. The third-order valence-electron chi connectivity index (χ3n) is 3.66. The highest BCUT2D eigenvalue weighted by Gasteiger charge is 2.22. The quantitative estimate of drug-likeness (QED) is 0.580. The largest absolute Gasteiger partial charge is 0.347 e. The van der Waals surface area contributed by atoms with Crippen molar-refractivity contribution >= 4 is 17.8 Å². The minimum Gasteiger partial charge on any atom is -0.347 e. The van der Waals surface area contributed by atoms with Gasteiger partial charge in [0.1, 0.15) is 0 Å². The van der Waals surface area contributed by atoms with E-state index in [0.717, 1.165) is 38.4 Å². The van der Waals surface area contributed by atoms with Crippen LogP contribution in [0.15, 0.2) is 0 Å². The lowest BCUT2D eigenvalue weighted by atomic mass is 9.97. The molecule has 8 nitrogen and oxygen atoms in total. The van der Waals surface area contributed by atoms with Crippen LogP contribution in [0, 0.1) is 5.92 Å². The van der Waals surface area contributed by atoms with Gasteiger partial charge in [-0.3, -0.25) is 5.43 Å². The van der Waals surface area contributed by atoms with Gasteiger partial charge in [0.05, 0.1) is 0 Å². The van der Waals surface area contributed by atoms with Gasteiger partial charge in [-0.1, -0.05) is 0 Å². The highest BCUT2D eigenvalue weighted by Crippen LogP contribution is 2.22. The maximum absolute atomic E-state index is 5.45. The van der Waals surface area contributed by atoms with Gasteiger partial charge in [-0.05, 0) is 32.9 Å². The molecule has 0 aromatic carbocycles. The summed E-state index contributed by atoms with van der Waals surface area (Å²) in [6, 6.07) is 0. The van der Waals surface area contributed by atoms with Crippen LogP contribution < -0.4 is 21.1 Å². The summed E-state index contributed by atoms with van der Waals surface area (Å²) in [7, 11) is 8.06. The number of nitrogens with zero attached hydrogens (tertiary/aromatic N) is 6. The first-order valence-corrected chi connectivity index (χ1v) is 7.29. The lowest BCUT2D eigenvalue weighted by Gasteiger charge is -2.33. The molecule has 0 bridgehead atoms. The lowest BCUT2D eigenvalue weighted by molar-refractivity contribution is 0.284. The molecule has 1 fully saturated rings. The molecule has 1 aliphatic rings. The van der Waals surface area contributed by atoms with Crippen LogP contribution in [0.3, 0.4) is 0 Å². The number of hydrogen-bond acceptors (Lipinski definition) is 8. The number of piperidine rings is 1. The summed E-state index contributed by atoms with van der Waals surface area (Å²) in [6.07, 6.45) is 2.32. The molecular formula is C13H26N8. The van der Waals surface area contributed by atoms with Crippen molar-refractivity contribution in [3.63, 3.8) is 0 Å². The minimum absolute atomic E-state index is 0.402. The highest BCUT2D eigenvalue weighted by molar-refractivity contribution is 5.44. The maximum atomic E-state index is 5.45. The molecule has 0 atom stereocenters. The summed E-state index contributed by atoms with van der Waals surface area (Å²) in [5, 5.41) is 0. The van der Waals surface area contributed by atoms with Gasteiger partial charge in [0, 0.05) is 33.7 Å². The van der Waals surface area contributed by atoms with E-state index in [1.54, 1.807) is 0 Å².